The van der Waals surface area contributed by atoms with E-state index in [1.54, 1.807) is 25.5 Å². The second-order valence-electron chi connectivity index (χ2n) is 6.47. The molecular formula is C15H24N4O4. The molecule has 1 unspecified atom stereocenters. The van der Waals surface area contributed by atoms with Gasteiger partial charge >= 0.3 is 6.09 Å². The predicted molar refractivity (Wildman–Crippen MR) is 82.2 cm³/mol. The molecular weight excluding hydrogens is 300 g/mol. The highest BCUT2D eigenvalue weighted by molar-refractivity contribution is 6.00. The summed E-state index contributed by atoms with van der Waals surface area (Å²) in [6.07, 6.45) is 1.76. The van der Waals surface area contributed by atoms with Crippen molar-refractivity contribution < 1.29 is 19.1 Å². The minimum Gasteiger partial charge on any atom is -0.444 e. The first-order chi connectivity index (χ1) is 10.8. The number of aromatic nitrogens is 3. The van der Waals surface area contributed by atoms with Crippen LogP contribution in [0.25, 0.3) is 0 Å². The Balaban J connectivity index is 2.18. The molecule has 0 N–H and O–H groups in total. The van der Waals surface area contributed by atoms with E-state index in [-0.39, 0.29) is 12.4 Å². The van der Waals surface area contributed by atoms with Gasteiger partial charge in [0.2, 0.25) is 5.78 Å². The predicted octanol–water partition coefficient (Wildman–Crippen LogP) is 1.51. The van der Waals surface area contributed by atoms with Crippen LogP contribution < -0.4 is 0 Å². The fraction of sp³-hybridized carbons (Fsp3) is 0.733. The van der Waals surface area contributed by atoms with Crippen molar-refractivity contribution in [2.24, 2.45) is 0 Å². The smallest absolute Gasteiger partial charge is 0.411 e. The van der Waals surface area contributed by atoms with Gasteiger partial charge in [-0.3, -0.25) is 9.69 Å². The van der Waals surface area contributed by atoms with E-state index in [0.717, 1.165) is 6.42 Å². The van der Waals surface area contributed by atoms with Crippen molar-refractivity contribution in [1.82, 2.24) is 19.9 Å². The first kappa shape index (κ1) is 17.4. The Morgan fingerprint density at radius 2 is 2.17 bits per heavy atom. The van der Waals surface area contributed by atoms with Gasteiger partial charge in [-0.25, -0.2) is 9.48 Å². The first-order valence-corrected chi connectivity index (χ1v) is 7.83. The van der Waals surface area contributed by atoms with Crippen LogP contribution in [0.4, 0.5) is 4.79 Å². The zero-order valence-corrected chi connectivity index (χ0v) is 14.1. The fourth-order valence-electron chi connectivity index (χ4n) is 2.36. The lowest BCUT2D eigenvalue weighted by Gasteiger charge is -2.35. The summed E-state index contributed by atoms with van der Waals surface area (Å²) in [6, 6.07) is -0.715. The van der Waals surface area contributed by atoms with Crippen LogP contribution in [-0.4, -0.2) is 63.2 Å². The molecule has 0 radical (unpaired) electrons. The highest BCUT2D eigenvalue weighted by Gasteiger charge is 2.37. The van der Waals surface area contributed by atoms with Crippen molar-refractivity contribution in [1.29, 1.82) is 0 Å². The normalized spacial score (nSPS) is 18.8. The molecule has 1 aliphatic heterocycles. The highest BCUT2D eigenvalue weighted by atomic mass is 16.6. The van der Waals surface area contributed by atoms with Crippen LogP contribution in [-0.2, 0) is 16.0 Å². The van der Waals surface area contributed by atoms with Gasteiger partial charge in [-0.05, 0) is 27.2 Å². The summed E-state index contributed by atoms with van der Waals surface area (Å²) < 4.78 is 12.3. The molecule has 0 aliphatic carbocycles. The Morgan fingerprint density at radius 3 is 2.83 bits per heavy atom. The SMILES string of the molecule is CCCn1nncc1C(=O)C1COCCN1C(=O)OC(C)(C)C. The molecule has 1 aliphatic rings. The Labute approximate surface area is 135 Å². The van der Waals surface area contributed by atoms with Crippen LogP contribution in [0.5, 0.6) is 0 Å². The Kier molecular flexibility index (Phi) is 5.35. The van der Waals surface area contributed by atoms with Gasteiger partial charge in [0.1, 0.15) is 17.3 Å². The lowest BCUT2D eigenvalue weighted by atomic mass is 10.1. The van der Waals surface area contributed by atoms with Crippen molar-refractivity contribution in [2.45, 2.75) is 52.3 Å². The minimum absolute atomic E-state index is 0.148. The van der Waals surface area contributed by atoms with Gasteiger partial charge < -0.3 is 9.47 Å². The molecule has 1 aromatic rings. The van der Waals surface area contributed by atoms with Crippen molar-refractivity contribution in [3.8, 4) is 0 Å². The third-order valence-electron chi connectivity index (χ3n) is 3.36. The fourth-order valence-corrected chi connectivity index (χ4v) is 2.36. The molecule has 1 fully saturated rings. The van der Waals surface area contributed by atoms with E-state index in [2.05, 4.69) is 10.3 Å². The van der Waals surface area contributed by atoms with Crippen LogP contribution in [0.2, 0.25) is 0 Å². The second-order valence-corrected chi connectivity index (χ2v) is 6.47. The maximum absolute atomic E-state index is 12.8. The number of hydrogen-bond acceptors (Lipinski definition) is 6. The van der Waals surface area contributed by atoms with Crippen molar-refractivity contribution in [3.05, 3.63) is 11.9 Å². The lowest BCUT2D eigenvalue weighted by molar-refractivity contribution is -0.0267. The van der Waals surface area contributed by atoms with Gasteiger partial charge in [-0.1, -0.05) is 12.1 Å². The molecule has 1 atom stereocenters. The Hall–Kier alpha value is -1.96. The zero-order chi connectivity index (χ0) is 17.0. The number of ether oxygens (including phenoxy) is 2. The number of nitrogens with zero attached hydrogens (tertiary/aromatic N) is 4. The van der Waals surface area contributed by atoms with E-state index in [1.807, 2.05) is 6.92 Å². The monoisotopic (exact) mass is 324 g/mol. The summed E-state index contributed by atoms with van der Waals surface area (Å²) >= 11 is 0. The Morgan fingerprint density at radius 1 is 1.43 bits per heavy atom. The zero-order valence-electron chi connectivity index (χ0n) is 14.1. The van der Waals surface area contributed by atoms with E-state index in [0.29, 0.717) is 25.4 Å². The molecule has 0 saturated carbocycles. The van der Waals surface area contributed by atoms with E-state index in [4.69, 9.17) is 9.47 Å². The van der Waals surface area contributed by atoms with E-state index in [1.165, 1.54) is 11.1 Å². The van der Waals surface area contributed by atoms with Gasteiger partial charge in [-0.2, -0.15) is 0 Å². The average Bonchev–Trinajstić information content (AvgIpc) is 2.93. The lowest BCUT2D eigenvalue weighted by Crippen LogP contribution is -2.54. The largest absolute Gasteiger partial charge is 0.444 e. The average molecular weight is 324 g/mol. The first-order valence-electron chi connectivity index (χ1n) is 7.83. The molecule has 128 valence electrons. The molecule has 1 saturated heterocycles. The van der Waals surface area contributed by atoms with Crippen molar-refractivity contribution in [2.75, 3.05) is 19.8 Å². The quantitative estimate of drug-likeness (QED) is 0.780. The molecule has 8 nitrogen and oxygen atoms in total. The molecule has 0 bridgehead atoms. The molecule has 0 aromatic carbocycles. The highest BCUT2D eigenvalue weighted by Crippen LogP contribution is 2.17. The molecule has 2 heterocycles. The van der Waals surface area contributed by atoms with Crippen molar-refractivity contribution in [3.63, 3.8) is 0 Å². The molecule has 0 spiro atoms. The van der Waals surface area contributed by atoms with Crippen molar-refractivity contribution >= 4 is 11.9 Å². The standard InChI is InChI=1S/C15H24N4O4/c1-5-6-19-11(9-16-17-19)13(20)12-10-22-8-7-18(12)14(21)23-15(2,3)4/h9,12H,5-8,10H2,1-4H3. The van der Waals surface area contributed by atoms with Gasteiger partial charge in [0.05, 0.1) is 19.4 Å². The maximum Gasteiger partial charge on any atom is 0.411 e. The maximum atomic E-state index is 12.8. The van der Waals surface area contributed by atoms with Crippen LogP contribution in [0, 0.1) is 0 Å². The number of rotatable bonds is 4. The number of Topliss-reactive ketones (excluding diaryl/α,β-unsaturated/α-hetero) is 1. The number of amides is 1. The van der Waals surface area contributed by atoms with E-state index >= 15 is 0 Å². The summed E-state index contributed by atoms with van der Waals surface area (Å²) in [5.74, 6) is -0.228. The number of hydrogen-bond donors (Lipinski definition) is 0. The van der Waals surface area contributed by atoms with Gasteiger partial charge in [0, 0.05) is 13.1 Å². The van der Waals surface area contributed by atoms with E-state index in [9.17, 15) is 9.59 Å². The van der Waals surface area contributed by atoms with Crippen LogP contribution in [0.1, 0.15) is 44.6 Å². The number of ketones is 1. The number of carbonyl (C=O) groups is 2. The van der Waals surface area contributed by atoms with Crippen LogP contribution in [0.3, 0.4) is 0 Å². The number of carbonyl (C=O) groups excluding carboxylic acids is 2. The van der Waals surface area contributed by atoms with Gasteiger partial charge in [0.15, 0.2) is 0 Å². The number of morpholine rings is 1. The molecule has 8 heteroatoms. The summed E-state index contributed by atoms with van der Waals surface area (Å²) in [5.41, 5.74) is -0.231. The molecule has 2 rings (SSSR count). The summed E-state index contributed by atoms with van der Waals surface area (Å²) in [4.78, 5) is 26.6. The third kappa shape index (κ3) is 4.28. The van der Waals surface area contributed by atoms with Crippen LogP contribution in [0.15, 0.2) is 6.20 Å². The van der Waals surface area contributed by atoms with Gasteiger partial charge in [-0.15, -0.1) is 5.10 Å². The summed E-state index contributed by atoms with van der Waals surface area (Å²) in [7, 11) is 0. The molecule has 1 amide bonds. The molecule has 23 heavy (non-hydrogen) atoms. The topological polar surface area (TPSA) is 86.6 Å². The van der Waals surface area contributed by atoms with E-state index < -0.39 is 17.7 Å². The Bertz CT molecular complexity index is 564. The molecule has 1 aromatic heterocycles. The number of aryl methyl sites for hydroxylation is 1. The minimum atomic E-state index is -0.715. The van der Waals surface area contributed by atoms with Gasteiger partial charge in [0.25, 0.3) is 0 Å². The second kappa shape index (κ2) is 7.08. The van der Waals surface area contributed by atoms with Crippen LogP contribution >= 0.6 is 0 Å². The summed E-state index contributed by atoms with van der Waals surface area (Å²) in [5, 5.41) is 7.72. The third-order valence-corrected chi connectivity index (χ3v) is 3.36. The summed E-state index contributed by atoms with van der Waals surface area (Å²) in [6.45, 7) is 8.83.